The van der Waals surface area contributed by atoms with E-state index in [1.165, 1.54) is 12.1 Å². The average Bonchev–Trinajstić information content (AvgIpc) is 2.88. The average molecular weight is 261 g/mol. The van der Waals surface area contributed by atoms with Gasteiger partial charge in [-0.05, 0) is 13.0 Å². The predicted molar refractivity (Wildman–Crippen MR) is 70.6 cm³/mol. The molecule has 0 fully saturated rings. The zero-order chi connectivity index (χ0) is 13.7. The summed E-state index contributed by atoms with van der Waals surface area (Å²) in [5.41, 5.74) is 1.48. The molecular weight excluding hydrogens is 246 g/mol. The van der Waals surface area contributed by atoms with E-state index in [1.54, 1.807) is 18.2 Å². The minimum Gasteiger partial charge on any atom is -0.356 e. The van der Waals surface area contributed by atoms with Gasteiger partial charge in [-0.3, -0.25) is 10.1 Å². The summed E-state index contributed by atoms with van der Waals surface area (Å²) in [6, 6.07) is 8.11. The van der Waals surface area contributed by atoms with Crippen molar-refractivity contribution in [3.63, 3.8) is 0 Å². The maximum Gasteiger partial charge on any atom is 0.270 e. The van der Waals surface area contributed by atoms with Crippen LogP contribution < -0.4 is 5.32 Å². The third-order valence-electron chi connectivity index (χ3n) is 2.63. The highest BCUT2D eigenvalue weighted by Gasteiger charge is 2.11. The molecule has 1 aromatic carbocycles. The fourth-order valence-electron chi connectivity index (χ4n) is 1.70. The van der Waals surface area contributed by atoms with Crippen molar-refractivity contribution in [3.05, 3.63) is 46.1 Å². The van der Waals surface area contributed by atoms with Gasteiger partial charge in [-0.25, -0.2) is 0 Å². The predicted octanol–water partition coefficient (Wildman–Crippen LogP) is 2.75. The lowest BCUT2D eigenvalue weighted by atomic mass is 10.1. The van der Waals surface area contributed by atoms with Crippen molar-refractivity contribution in [1.82, 2.24) is 10.5 Å². The molecule has 1 heterocycles. The Morgan fingerprint density at radius 1 is 1.42 bits per heavy atom. The highest BCUT2D eigenvalue weighted by atomic mass is 16.6. The van der Waals surface area contributed by atoms with Crippen molar-refractivity contribution in [2.24, 2.45) is 0 Å². The molecule has 0 radical (unpaired) electrons. The van der Waals surface area contributed by atoms with Crippen LogP contribution in [0.1, 0.15) is 19.0 Å². The standard InChI is InChI=1S/C13H15N3O3/c1-2-6-14-9-11-8-13(19-15-11)10-4-3-5-12(7-10)16(17)18/h3-5,7-8,14H,2,6,9H2,1H3. The lowest BCUT2D eigenvalue weighted by Gasteiger charge is -1.96. The van der Waals surface area contributed by atoms with Gasteiger partial charge in [-0.2, -0.15) is 0 Å². The molecule has 0 unspecified atom stereocenters. The van der Waals surface area contributed by atoms with Crippen LogP contribution in [0.4, 0.5) is 5.69 Å². The number of nitro groups is 1. The van der Waals surface area contributed by atoms with Crippen molar-refractivity contribution in [3.8, 4) is 11.3 Å². The third kappa shape index (κ3) is 3.38. The number of hydrogen-bond donors (Lipinski definition) is 1. The van der Waals surface area contributed by atoms with Crippen LogP contribution in [0.3, 0.4) is 0 Å². The maximum absolute atomic E-state index is 10.7. The summed E-state index contributed by atoms with van der Waals surface area (Å²) < 4.78 is 5.20. The number of hydrogen-bond acceptors (Lipinski definition) is 5. The Bertz CT molecular complexity index is 566. The number of rotatable bonds is 6. The van der Waals surface area contributed by atoms with E-state index in [0.717, 1.165) is 18.7 Å². The molecule has 1 aromatic heterocycles. The molecule has 0 aliphatic carbocycles. The molecule has 0 saturated carbocycles. The van der Waals surface area contributed by atoms with Crippen molar-refractivity contribution in [2.75, 3.05) is 6.54 Å². The lowest BCUT2D eigenvalue weighted by molar-refractivity contribution is -0.384. The Labute approximate surface area is 110 Å². The van der Waals surface area contributed by atoms with Gasteiger partial charge in [0.25, 0.3) is 5.69 Å². The topological polar surface area (TPSA) is 81.2 Å². The summed E-state index contributed by atoms with van der Waals surface area (Å²) in [6.07, 6.45) is 1.05. The van der Waals surface area contributed by atoms with Crippen LogP contribution in [0.25, 0.3) is 11.3 Å². The molecule has 0 aliphatic heterocycles. The summed E-state index contributed by atoms with van der Waals surface area (Å²) in [7, 11) is 0. The second kappa shape index (κ2) is 6.10. The monoisotopic (exact) mass is 261 g/mol. The van der Waals surface area contributed by atoms with E-state index in [0.29, 0.717) is 17.9 Å². The molecule has 100 valence electrons. The van der Waals surface area contributed by atoms with Crippen molar-refractivity contribution in [1.29, 1.82) is 0 Å². The lowest BCUT2D eigenvalue weighted by Crippen LogP contribution is -2.13. The molecule has 1 N–H and O–H groups in total. The van der Waals surface area contributed by atoms with E-state index in [9.17, 15) is 10.1 Å². The Hall–Kier alpha value is -2.21. The molecule has 0 bridgehead atoms. The van der Waals surface area contributed by atoms with Crippen LogP contribution in [-0.2, 0) is 6.54 Å². The van der Waals surface area contributed by atoms with Crippen molar-refractivity contribution >= 4 is 5.69 Å². The van der Waals surface area contributed by atoms with Crippen LogP contribution in [0.2, 0.25) is 0 Å². The first-order valence-corrected chi connectivity index (χ1v) is 6.12. The quantitative estimate of drug-likeness (QED) is 0.491. The Balaban J connectivity index is 2.13. The summed E-state index contributed by atoms with van der Waals surface area (Å²) in [4.78, 5) is 10.3. The Kier molecular flexibility index (Phi) is 4.25. The smallest absolute Gasteiger partial charge is 0.270 e. The fraction of sp³-hybridized carbons (Fsp3) is 0.308. The molecule has 2 rings (SSSR count). The second-order valence-corrected chi connectivity index (χ2v) is 4.17. The van der Waals surface area contributed by atoms with Gasteiger partial charge < -0.3 is 9.84 Å². The van der Waals surface area contributed by atoms with E-state index in [1.807, 2.05) is 0 Å². The van der Waals surface area contributed by atoms with E-state index < -0.39 is 4.92 Å². The first-order chi connectivity index (χ1) is 9.20. The van der Waals surface area contributed by atoms with Gasteiger partial charge in [-0.1, -0.05) is 24.2 Å². The highest BCUT2D eigenvalue weighted by molar-refractivity contribution is 5.60. The molecule has 2 aromatic rings. The Morgan fingerprint density at radius 2 is 2.26 bits per heavy atom. The molecule has 0 amide bonds. The minimum atomic E-state index is -0.427. The van der Waals surface area contributed by atoms with E-state index in [4.69, 9.17) is 4.52 Å². The molecular formula is C13H15N3O3. The molecule has 0 spiro atoms. The number of benzene rings is 1. The zero-order valence-electron chi connectivity index (χ0n) is 10.6. The number of nitrogens with zero attached hydrogens (tertiary/aromatic N) is 2. The summed E-state index contributed by atoms with van der Waals surface area (Å²) in [5.74, 6) is 0.539. The summed E-state index contributed by atoms with van der Waals surface area (Å²) in [5, 5.41) is 17.9. The van der Waals surface area contributed by atoms with E-state index in [2.05, 4.69) is 17.4 Å². The van der Waals surface area contributed by atoms with Gasteiger partial charge in [0.2, 0.25) is 0 Å². The van der Waals surface area contributed by atoms with Crippen LogP contribution in [0, 0.1) is 10.1 Å². The van der Waals surface area contributed by atoms with Crippen LogP contribution in [0.5, 0.6) is 0 Å². The molecule has 6 nitrogen and oxygen atoms in total. The second-order valence-electron chi connectivity index (χ2n) is 4.17. The molecule has 0 saturated heterocycles. The van der Waals surface area contributed by atoms with Gasteiger partial charge in [0, 0.05) is 30.3 Å². The van der Waals surface area contributed by atoms with Gasteiger partial charge in [-0.15, -0.1) is 0 Å². The third-order valence-corrected chi connectivity index (χ3v) is 2.63. The summed E-state index contributed by atoms with van der Waals surface area (Å²) in [6.45, 7) is 3.63. The largest absolute Gasteiger partial charge is 0.356 e. The van der Waals surface area contributed by atoms with Crippen LogP contribution >= 0.6 is 0 Å². The molecule has 0 aliphatic rings. The highest BCUT2D eigenvalue weighted by Crippen LogP contribution is 2.24. The Morgan fingerprint density at radius 3 is 3.00 bits per heavy atom. The normalized spacial score (nSPS) is 10.6. The van der Waals surface area contributed by atoms with Crippen molar-refractivity contribution < 1.29 is 9.45 Å². The minimum absolute atomic E-state index is 0.0413. The number of aromatic nitrogens is 1. The van der Waals surface area contributed by atoms with Gasteiger partial charge in [0.05, 0.1) is 10.6 Å². The molecule has 0 atom stereocenters. The number of nitrogens with one attached hydrogen (secondary N) is 1. The zero-order valence-corrected chi connectivity index (χ0v) is 10.6. The van der Waals surface area contributed by atoms with Gasteiger partial charge in [0.15, 0.2) is 5.76 Å². The SMILES string of the molecule is CCCNCc1cc(-c2cccc([N+](=O)[O-])c2)on1. The fourth-order valence-corrected chi connectivity index (χ4v) is 1.70. The number of nitro benzene ring substituents is 1. The van der Waals surface area contributed by atoms with Gasteiger partial charge in [0.1, 0.15) is 0 Å². The van der Waals surface area contributed by atoms with Gasteiger partial charge >= 0.3 is 0 Å². The van der Waals surface area contributed by atoms with E-state index in [-0.39, 0.29) is 5.69 Å². The van der Waals surface area contributed by atoms with Crippen LogP contribution in [0.15, 0.2) is 34.9 Å². The van der Waals surface area contributed by atoms with E-state index >= 15 is 0 Å². The van der Waals surface area contributed by atoms with Crippen molar-refractivity contribution in [2.45, 2.75) is 19.9 Å². The number of non-ortho nitro benzene ring substituents is 1. The molecule has 19 heavy (non-hydrogen) atoms. The first-order valence-electron chi connectivity index (χ1n) is 6.12. The first kappa shape index (κ1) is 13.2. The maximum atomic E-state index is 10.7. The van der Waals surface area contributed by atoms with Crippen LogP contribution in [-0.4, -0.2) is 16.6 Å². The molecule has 6 heteroatoms. The summed E-state index contributed by atoms with van der Waals surface area (Å²) >= 11 is 0.